The van der Waals surface area contributed by atoms with E-state index in [0.717, 1.165) is 19.8 Å². The molecule has 6 heteroatoms. The molecule has 0 amide bonds. The Morgan fingerprint density at radius 1 is 1.53 bits per heavy atom. The Kier molecular flexibility index (Phi) is 5.38. The summed E-state index contributed by atoms with van der Waals surface area (Å²) in [5.74, 6) is 0. The summed E-state index contributed by atoms with van der Waals surface area (Å²) < 4.78 is 24.5. The van der Waals surface area contributed by atoms with E-state index in [-0.39, 0.29) is 6.61 Å². The van der Waals surface area contributed by atoms with Crippen molar-refractivity contribution in [3.8, 4) is 0 Å². The van der Waals surface area contributed by atoms with Gasteiger partial charge >= 0.3 is 0 Å². The average molecular weight is 231 g/mol. The van der Waals surface area contributed by atoms with E-state index in [1.807, 2.05) is 18.5 Å². The minimum absolute atomic E-state index is 0.238. The molecule has 86 valence electrons. The van der Waals surface area contributed by atoms with Gasteiger partial charge in [-0.2, -0.15) is 0 Å². The van der Waals surface area contributed by atoms with Crippen LogP contribution in [0.3, 0.4) is 0 Å². The number of rotatable bonds is 7. The van der Waals surface area contributed by atoms with Crippen LogP contribution in [0.4, 0.5) is 0 Å². The van der Waals surface area contributed by atoms with E-state index in [4.69, 9.17) is 0 Å². The van der Waals surface area contributed by atoms with E-state index < -0.39 is 11.4 Å². The van der Waals surface area contributed by atoms with Crippen molar-refractivity contribution in [1.82, 2.24) is 9.80 Å². The van der Waals surface area contributed by atoms with Crippen LogP contribution < -0.4 is 0 Å². The van der Waals surface area contributed by atoms with Crippen LogP contribution in [-0.4, -0.2) is 44.9 Å². The van der Waals surface area contributed by atoms with Gasteiger partial charge in [0.05, 0.1) is 24.6 Å². The van der Waals surface area contributed by atoms with E-state index in [0.29, 0.717) is 6.42 Å². The molecule has 0 spiro atoms. The summed E-state index contributed by atoms with van der Waals surface area (Å²) in [5, 5.41) is 0. The van der Waals surface area contributed by atoms with Gasteiger partial charge in [-0.3, -0.25) is 0 Å². The normalized spacial score (nSPS) is 17.1. The van der Waals surface area contributed by atoms with Crippen molar-refractivity contribution in [2.75, 3.05) is 26.4 Å². The van der Waals surface area contributed by atoms with Gasteiger partial charge in [0.2, 0.25) is 0 Å². The molecule has 0 saturated heterocycles. The van der Waals surface area contributed by atoms with Crippen LogP contribution >= 0.6 is 0 Å². The van der Waals surface area contributed by atoms with Crippen LogP contribution in [0.2, 0.25) is 0 Å². The van der Waals surface area contributed by atoms with E-state index >= 15 is 0 Å². The molecule has 0 saturated carbocycles. The number of hydrogen-bond donors (Lipinski definition) is 0. The molecule has 5 nitrogen and oxygen atoms in total. The molecule has 0 aromatic heterocycles. The zero-order valence-electron chi connectivity index (χ0n) is 8.50. The molecule has 1 aliphatic heterocycles. The molecule has 1 heterocycles. The van der Waals surface area contributed by atoms with Gasteiger partial charge < -0.3 is 18.5 Å². The lowest BCUT2D eigenvalue weighted by Gasteiger charge is -2.19. The van der Waals surface area contributed by atoms with Crippen LogP contribution in [0.1, 0.15) is 6.42 Å². The van der Waals surface area contributed by atoms with Gasteiger partial charge in [0, 0.05) is 25.5 Å². The topological polar surface area (TPSA) is 55.8 Å². The highest BCUT2D eigenvalue weighted by Gasteiger charge is 2.09. The third-order valence-corrected chi connectivity index (χ3v) is 2.34. The van der Waals surface area contributed by atoms with Gasteiger partial charge in [-0.1, -0.05) is 6.08 Å². The van der Waals surface area contributed by atoms with Gasteiger partial charge in [-0.05, 0) is 6.42 Å². The summed E-state index contributed by atoms with van der Waals surface area (Å²) >= 11 is -2.39. The smallest absolute Gasteiger partial charge is 0.0896 e. The summed E-state index contributed by atoms with van der Waals surface area (Å²) in [7, 11) is 0. The standard InChI is InChI=1S/C9H16N2O3S/c1-2-4-10-6-7-11(9-10)5-3-8-14-15(12)13/h2,6-7H,1,3-5,8-9H2,(H,12,13)/p-1. The van der Waals surface area contributed by atoms with Crippen molar-refractivity contribution >= 4 is 11.4 Å². The van der Waals surface area contributed by atoms with Crippen molar-refractivity contribution in [2.24, 2.45) is 0 Å². The third kappa shape index (κ3) is 4.96. The van der Waals surface area contributed by atoms with E-state index in [9.17, 15) is 8.76 Å². The van der Waals surface area contributed by atoms with Crippen molar-refractivity contribution in [3.63, 3.8) is 0 Å². The maximum Gasteiger partial charge on any atom is 0.0896 e. The fraction of sp³-hybridized carbons (Fsp3) is 0.556. The Morgan fingerprint density at radius 3 is 2.93 bits per heavy atom. The van der Waals surface area contributed by atoms with Crippen molar-refractivity contribution in [3.05, 3.63) is 25.1 Å². The molecule has 1 unspecified atom stereocenters. The van der Waals surface area contributed by atoms with Crippen LogP contribution in [0.15, 0.2) is 25.1 Å². The summed E-state index contributed by atoms with van der Waals surface area (Å²) in [5.41, 5.74) is 0. The minimum atomic E-state index is -2.39. The monoisotopic (exact) mass is 231 g/mol. The molecule has 0 fully saturated rings. The number of nitrogens with zero attached hydrogens (tertiary/aromatic N) is 2. The van der Waals surface area contributed by atoms with E-state index in [2.05, 4.69) is 20.6 Å². The molecule has 0 radical (unpaired) electrons. The molecular formula is C9H15N2O3S-. The maximum absolute atomic E-state index is 10.1. The second kappa shape index (κ2) is 6.60. The minimum Gasteiger partial charge on any atom is -0.750 e. The summed E-state index contributed by atoms with van der Waals surface area (Å²) in [6, 6.07) is 0. The highest BCUT2D eigenvalue weighted by molar-refractivity contribution is 7.74. The summed E-state index contributed by atoms with van der Waals surface area (Å²) in [4.78, 5) is 4.21. The van der Waals surface area contributed by atoms with E-state index in [1.165, 1.54) is 0 Å². The zero-order chi connectivity index (χ0) is 11.1. The first-order valence-corrected chi connectivity index (χ1v) is 5.72. The lowest BCUT2D eigenvalue weighted by atomic mass is 10.4. The molecule has 1 rings (SSSR count). The highest BCUT2D eigenvalue weighted by atomic mass is 32.2. The molecule has 0 aromatic rings. The molecule has 15 heavy (non-hydrogen) atoms. The molecule has 0 aromatic carbocycles. The summed E-state index contributed by atoms with van der Waals surface area (Å²) in [6.07, 6.45) is 6.52. The summed E-state index contributed by atoms with van der Waals surface area (Å²) in [6.45, 7) is 6.35. The number of hydrogen-bond acceptors (Lipinski definition) is 5. The lowest BCUT2D eigenvalue weighted by molar-refractivity contribution is 0.244. The second-order valence-corrected chi connectivity index (χ2v) is 3.84. The first-order chi connectivity index (χ1) is 7.22. The lowest BCUT2D eigenvalue weighted by Crippen LogP contribution is -2.26. The van der Waals surface area contributed by atoms with Gasteiger partial charge in [-0.25, -0.2) is 4.21 Å². The Morgan fingerprint density at radius 2 is 2.27 bits per heavy atom. The fourth-order valence-electron chi connectivity index (χ4n) is 1.34. The maximum atomic E-state index is 10.1. The quantitative estimate of drug-likeness (QED) is 0.361. The van der Waals surface area contributed by atoms with Crippen LogP contribution in [0.25, 0.3) is 0 Å². The zero-order valence-corrected chi connectivity index (χ0v) is 9.32. The Hall–Kier alpha value is -0.850. The SMILES string of the molecule is C=CCN1C=CN(CCCOS(=O)[O-])C1. The predicted molar refractivity (Wildman–Crippen MR) is 57.1 cm³/mol. The predicted octanol–water partition coefficient (Wildman–Crippen LogP) is 0.419. The fourth-order valence-corrected chi connectivity index (χ4v) is 1.59. The largest absolute Gasteiger partial charge is 0.750 e. The van der Waals surface area contributed by atoms with Gasteiger partial charge in [0.15, 0.2) is 0 Å². The molecule has 1 aliphatic rings. The molecule has 0 N–H and O–H groups in total. The van der Waals surface area contributed by atoms with Gasteiger partial charge in [0.1, 0.15) is 0 Å². The Balaban J connectivity index is 2.07. The van der Waals surface area contributed by atoms with Crippen molar-refractivity contribution in [2.45, 2.75) is 6.42 Å². The van der Waals surface area contributed by atoms with Gasteiger partial charge in [0.25, 0.3) is 0 Å². The van der Waals surface area contributed by atoms with Gasteiger partial charge in [-0.15, -0.1) is 6.58 Å². The van der Waals surface area contributed by atoms with Crippen LogP contribution in [0.5, 0.6) is 0 Å². The third-order valence-electron chi connectivity index (χ3n) is 1.98. The first-order valence-electron chi connectivity index (χ1n) is 4.72. The van der Waals surface area contributed by atoms with Crippen LogP contribution in [-0.2, 0) is 15.5 Å². The average Bonchev–Trinajstić information content (AvgIpc) is 2.61. The van der Waals surface area contributed by atoms with E-state index in [1.54, 1.807) is 0 Å². The second-order valence-electron chi connectivity index (χ2n) is 3.19. The molecule has 0 aliphatic carbocycles. The molecule has 1 atom stereocenters. The Bertz CT molecular complexity index is 258. The molecule has 0 bridgehead atoms. The Labute approximate surface area is 92.5 Å². The van der Waals surface area contributed by atoms with Crippen molar-refractivity contribution < 1.29 is 12.9 Å². The molecular weight excluding hydrogens is 216 g/mol. The van der Waals surface area contributed by atoms with Crippen LogP contribution in [0, 0.1) is 0 Å². The van der Waals surface area contributed by atoms with Crippen molar-refractivity contribution in [1.29, 1.82) is 0 Å². The highest BCUT2D eigenvalue weighted by Crippen LogP contribution is 2.06. The first kappa shape index (κ1) is 12.2.